The number of likely N-dealkylation sites (tertiary alicyclic amines) is 1. The molecule has 3 aromatic rings. The smallest absolute Gasteiger partial charge is 0.320 e. The summed E-state index contributed by atoms with van der Waals surface area (Å²) in [4.78, 5) is 14.8. The molecule has 8 nitrogen and oxygen atoms in total. The number of anilines is 1. The van der Waals surface area contributed by atoms with Crippen LogP contribution in [0.1, 0.15) is 18.4 Å². The van der Waals surface area contributed by atoms with Gasteiger partial charge in [-0.05, 0) is 37.5 Å². The van der Waals surface area contributed by atoms with Crippen molar-refractivity contribution in [3.8, 4) is 11.4 Å². The molecule has 1 aromatic carbocycles. The fraction of sp³-hybridized carbons (Fsp3) is 0.368. The Morgan fingerprint density at radius 3 is 2.96 bits per heavy atom. The van der Waals surface area contributed by atoms with Gasteiger partial charge in [0, 0.05) is 37.2 Å². The summed E-state index contributed by atoms with van der Waals surface area (Å²) in [5.41, 5.74) is 2.73. The summed E-state index contributed by atoms with van der Waals surface area (Å²) in [7, 11) is 1.91. The van der Waals surface area contributed by atoms with E-state index in [0.29, 0.717) is 0 Å². The Labute approximate surface area is 157 Å². The van der Waals surface area contributed by atoms with Crippen LogP contribution < -0.4 is 5.32 Å². The number of benzene rings is 1. The molecule has 1 aliphatic heterocycles. The fourth-order valence-corrected chi connectivity index (χ4v) is 3.64. The average molecular weight is 365 g/mol. The Balaban J connectivity index is 1.52. The zero-order chi connectivity index (χ0) is 18.8. The van der Waals surface area contributed by atoms with Crippen molar-refractivity contribution in [2.45, 2.75) is 32.4 Å². The Bertz CT molecular complexity index is 931. The lowest BCUT2D eigenvalue weighted by Crippen LogP contribution is -2.41. The lowest BCUT2D eigenvalue weighted by molar-refractivity contribution is 0.199. The molecule has 2 aromatic heterocycles. The van der Waals surface area contributed by atoms with Gasteiger partial charge in [0.15, 0.2) is 5.82 Å². The predicted octanol–water partition coefficient (Wildman–Crippen LogP) is 2.68. The average Bonchev–Trinajstić information content (AvgIpc) is 3.40. The second-order valence-electron chi connectivity index (χ2n) is 6.89. The highest BCUT2D eigenvalue weighted by molar-refractivity contribution is 5.91. The number of nitrogens with one attached hydrogen (secondary N) is 1. The van der Waals surface area contributed by atoms with E-state index in [1.807, 2.05) is 58.6 Å². The second kappa shape index (κ2) is 7.22. The maximum absolute atomic E-state index is 12.9. The van der Waals surface area contributed by atoms with Crippen molar-refractivity contribution in [1.82, 2.24) is 29.4 Å². The zero-order valence-corrected chi connectivity index (χ0v) is 15.5. The van der Waals surface area contributed by atoms with Gasteiger partial charge in [0.05, 0.1) is 12.6 Å². The van der Waals surface area contributed by atoms with Crippen LogP contribution in [-0.4, -0.2) is 48.1 Å². The minimum absolute atomic E-state index is 0.0668. The van der Waals surface area contributed by atoms with Crippen LogP contribution in [0.5, 0.6) is 0 Å². The van der Waals surface area contributed by atoms with E-state index in [4.69, 9.17) is 0 Å². The topological polar surface area (TPSA) is 80.9 Å². The minimum atomic E-state index is -0.0668. The number of carbonyl (C=O) groups is 1. The Morgan fingerprint density at radius 1 is 1.33 bits per heavy atom. The summed E-state index contributed by atoms with van der Waals surface area (Å²) in [6.07, 6.45) is 7.37. The number of hydrogen-bond acceptors (Lipinski definition) is 4. The van der Waals surface area contributed by atoms with E-state index in [1.165, 1.54) is 0 Å². The van der Waals surface area contributed by atoms with Crippen molar-refractivity contribution >= 4 is 11.7 Å². The van der Waals surface area contributed by atoms with Crippen molar-refractivity contribution < 1.29 is 4.79 Å². The standard InChI is InChI=1S/C19H23N7O/c1-14-16(18-23-20-13-24(18)2)7-3-8-17(14)22-19(27)26-11-4-6-15(26)12-25-10-5-9-21-25/h3,5,7-10,13,15H,4,6,11-12H2,1-2H3,(H,22,27)/t15-/m1/s1. The van der Waals surface area contributed by atoms with Gasteiger partial charge in [-0.15, -0.1) is 10.2 Å². The number of urea groups is 1. The van der Waals surface area contributed by atoms with E-state index in [9.17, 15) is 4.79 Å². The Hall–Kier alpha value is -3.16. The summed E-state index contributed by atoms with van der Waals surface area (Å²) in [6.45, 7) is 3.48. The molecule has 0 bridgehead atoms. The third-order valence-corrected chi connectivity index (χ3v) is 5.12. The number of carbonyl (C=O) groups excluding carboxylic acids is 1. The van der Waals surface area contributed by atoms with Crippen LogP contribution >= 0.6 is 0 Å². The number of hydrogen-bond donors (Lipinski definition) is 1. The molecule has 0 aliphatic carbocycles. The van der Waals surface area contributed by atoms with Gasteiger partial charge in [0.2, 0.25) is 0 Å². The van der Waals surface area contributed by atoms with Gasteiger partial charge in [0.1, 0.15) is 6.33 Å². The molecule has 2 amide bonds. The molecule has 8 heteroatoms. The van der Waals surface area contributed by atoms with Crippen molar-refractivity contribution in [1.29, 1.82) is 0 Å². The molecule has 1 saturated heterocycles. The van der Waals surface area contributed by atoms with E-state index in [-0.39, 0.29) is 12.1 Å². The van der Waals surface area contributed by atoms with Crippen molar-refractivity contribution in [3.63, 3.8) is 0 Å². The van der Waals surface area contributed by atoms with Gasteiger partial charge in [0.25, 0.3) is 0 Å². The van der Waals surface area contributed by atoms with Crippen LogP contribution in [0.25, 0.3) is 11.4 Å². The largest absolute Gasteiger partial charge is 0.322 e. The molecule has 0 saturated carbocycles. The van der Waals surface area contributed by atoms with Crippen LogP contribution in [0.4, 0.5) is 10.5 Å². The first-order chi connectivity index (χ1) is 13.1. The Morgan fingerprint density at radius 2 is 2.22 bits per heavy atom. The molecule has 1 fully saturated rings. The van der Waals surface area contributed by atoms with Crippen LogP contribution in [-0.2, 0) is 13.6 Å². The summed E-state index contributed by atoms with van der Waals surface area (Å²) >= 11 is 0. The molecule has 0 radical (unpaired) electrons. The second-order valence-corrected chi connectivity index (χ2v) is 6.89. The Kier molecular flexibility index (Phi) is 4.62. The van der Waals surface area contributed by atoms with Gasteiger partial charge >= 0.3 is 6.03 Å². The van der Waals surface area contributed by atoms with E-state index in [0.717, 1.165) is 48.6 Å². The zero-order valence-electron chi connectivity index (χ0n) is 15.5. The van der Waals surface area contributed by atoms with Gasteiger partial charge in [-0.1, -0.05) is 12.1 Å². The highest BCUT2D eigenvalue weighted by atomic mass is 16.2. The number of nitrogens with zero attached hydrogens (tertiary/aromatic N) is 6. The summed E-state index contributed by atoms with van der Waals surface area (Å²) < 4.78 is 3.75. The minimum Gasteiger partial charge on any atom is -0.320 e. The predicted molar refractivity (Wildman–Crippen MR) is 102 cm³/mol. The molecule has 140 valence electrons. The van der Waals surface area contributed by atoms with Crippen molar-refractivity contribution in [2.75, 3.05) is 11.9 Å². The van der Waals surface area contributed by atoms with Gasteiger partial charge in [-0.3, -0.25) is 4.68 Å². The normalized spacial score (nSPS) is 16.7. The number of rotatable bonds is 4. The molecule has 1 atom stereocenters. The maximum atomic E-state index is 12.9. The molecule has 0 spiro atoms. The first-order valence-corrected chi connectivity index (χ1v) is 9.12. The SMILES string of the molecule is Cc1c(NC(=O)N2CCC[C@@H]2Cn2cccn2)cccc1-c1nncn1C. The molecular weight excluding hydrogens is 342 g/mol. The number of aryl methyl sites for hydroxylation is 1. The van der Waals surface area contributed by atoms with Gasteiger partial charge in [-0.25, -0.2) is 4.79 Å². The van der Waals surface area contributed by atoms with E-state index in [1.54, 1.807) is 12.5 Å². The molecule has 0 unspecified atom stereocenters. The lowest BCUT2D eigenvalue weighted by atomic mass is 10.1. The van der Waals surface area contributed by atoms with E-state index in [2.05, 4.69) is 20.6 Å². The monoisotopic (exact) mass is 365 g/mol. The number of amides is 2. The quantitative estimate of drug-likeness (QED) is 0.771. The lowest BCUT2D eigenvalue weighted by Gasteiger charge is -2.25. The van der Waals surface area contributed by atoms with Crippen LogP contribution in [0.3, 0.4) is 0 Å². The fourth-order valence-electron chi connectivity index (χ4n) is 3.64. The maximum Gasteiger partial charge on any atom is 0.322 e. The molecule has 1 N–H and O–H groups in total. The van der Waals surface area contributed by atoms with E-state index < -0.39 is 0 Å². The van der Waals surface area contributed by atoms with Crippen LogP contribution in [0, 0.1) is 6.92 Å². The van der Waals surface area contributed by atoms with Crippen molar-refractivity contribution in [2.24, 2.45) is 7.05 Å². The van der Waals surface area contributed by atoms with E-state index >= 15 is 0 Å². The molecule has 27 heavy (non-hydrogen) atoms. The first-order valence-electron chi connectivity index (χ1n) is 9.12. The van der Waals surface area contributed by atoms with Crippen LogP contribution in [0.2, 0.25) is 0 Å². The summed E-state index contributed by atoms with van der Waals surface area (Å²) in [5, 5.41) is 15.5. The first kappa shape index (κ1) is 17.3. The molecular formula is C19H23N7O. The molecule has 4 rings (SSSR count). The van der Waals surface area contributed by atoms with Gasteiger partial charge < -0.3 is 14.8 Å². The molecule has 3 heterocycles. The van der Waals surface area contributed by atoms with Gasteiger partial charge in [-0.2, -0.15) is 5.10 Å². The third-order valence-electron chi connectivity index (χ3n) is 5.12. The third kappa shape index (κ3) is 3.42. The highest BCUT2D eigenvalue weighted by Gasteiger charge is 2.29. The van der Waals surface area contributed by atoms with Crippen LogP contribution in [0.15, 0.2) is 43.0 Å². The summed E-state index contributed by atoms with van der Waals surface area (Å²) in [6, 6.07) is 7.84. The van der Waals surface area contributed by atoms with Crippen molar-refractivity contribution in [3.05, 3.63) is 48.5 Å². The molecule has 1 aliphatic rings. The highest BCUT2D eigenvalue weighted by Crippen LogP contribution is 2.28. The number of aromatic nitrogens is 5. The summed E-state index contributed by atoms with van der Waals surface area (Å²) in [5.74, 6) is 0.779.